The second kappa shape index (κ2) is 10.0. The molecule has 166 valence electrons. The van der Waals surface area contributed by atoms with Gasteiger partial charge in [0.15, 0.2) is 0 Å². The van der Waals surface area contributed by atoms with Crippen LogP contribution in [-0.4, -0.2) is 38.5 Å². The van der Waals surface area contributed by atoms with Crippen LogP contribution in [0.4, 0.5) is 24.5 Å². The summed E-state index contributed by atoms with van der Waals surface area (Å²) in [6.45, 7) is 3.47. The van der Waals surface area contributed by atoms with E-state index in [4.69, 9.17) is 11.6 Å². The first-order chi connectivity index (χ1) is 14.8. The van der Waals surface area contributed by atoms with Gasteiger partial charge < -0.3 is 9.80 Å². The van der Waals surface area contributed by atoms with Crippen LogP contribution in [0.2, 0.25) is 5.02 Å². The minimum absolute atomic E-state index is 0.126. The molecule has 1 heterocycles. The van der Waals surface area contributed by atoms with E-state index in [2.05, 4.69) is 5.32 Å². The standard InChI is InChI=1S/C22H23ClF3N3O2/c1-2-3-15(22(31)27-13-30)14-4-5-20(18(25)10-14)28-6-8-29(9-7-28)21-12-17(24)16(23)11-19(21)26/h4-5,10-13,15H,2-3,6-9H2,1H3,(H,27,30,31). The Hall–Kier alpha value is -2.74. The summed E-state index contributed by atoms with van der Waals surface area (Å²) in [5.74, 6) is -2.85. The number of amides is 2. The fourth-order valence-corrected chi connectivity index (χ4v) is 3.99. The van der Waals surface area contributed by atoms with E-state index in [1.54, 1.807) is 17.0 Å². The van der Waals surface area contributed by atoms with Gasteiger partial charge in [0.1, 0.15) is 17.5 Å². The maximum Gasteiger partial charge on any atom is 0.233 e. The van der Waals surface area contributed by atoms with Crippen molar-refractivity contribution in [1.29, 1.82) is 0 Å². The number of nitrogens with zero attached hydrogens (tertiary/aromatic N) is 2. The van der Waals surface area contributed by atoms with E-state index in [0.717, 1.165) is 12.1 Å². The molecular formula is C22H23ClF3N3O2. The molecule has 1 atom stereocenters. The van der Waals surface area contributed by atoms with Crippen LogP contribution in [0.1, 0.15) is 31.2 Å². The van der Waals surface area contributed by atoms with Crippen molar-refractivity contribution in [3.63, 3.8) is 0 Å². The van der Waals surface area contributed by atoms with Crippen molar-refractivity contribution in [2.45, 2.75) is 25.7 Å². The molecular weight excluding hydrogens is 431 g/mol. The van der Waals surface area contributed by atoms with Gasteiger partial charge in [-0.1, -0.05) is 31.0 Å². The van der Waals surface area contributed by atoms with E-state index in [0.29, 0.717) is 56.7 Å². The number of piperazine rings is 1. The first-order valence-electron chi connectivity index (χ1n) is 10.0. The van der Waals surface area contributed by atoms with Crippen LogP contribution in [0.5, 0.6) is 0 Å². The molecule has 0 aromatic heterocycles. The van der Waals surface area contributed by atoms with Gasteiger partial charge in [-0.05, 0) is 30.2 Å². The Morgan fingerprint density at radius 3 is 2.23 bits per heavy atom. The average molecular weight is 454 g/mol. The predicted molar refractivity (Wildman–Crippen MR) is 114 cm³/mol. The molecule has 0 spiro atoms. The Morgan fingerprint density at radius 2 is 1.65 bits per heavy atom. The number of anilines is 2. The number of carbonyl (C=O) groups excluding carboxylic acids is 2. The zero-order valence-electron chi connectivity index (χ0n) is 17.0. The fourth-order valence-electron chi connectivity index (χ4n) is 3.84. The van der Waals surface area contributed by atoms with Gasteiger partial charge in [-0.2, -0.15) is 0 Å². The molecule has 2 amide bonds. The lowest BCUT2D eigenvalue weighted by Crippen LogP contribution is -2.47. The number of imide groups is 1. The quantitative estimate of drug-likeness (QED) is 0.503. The summed E-state index contributed by atoms with van der Waals surface area (Å²) < 4.78 is 42.8. The third-order valence-electron chi connectivity index (χ3n) is 5.42. The Morgan fingerprint density at radius 1 is 1.03 bits per heavy atom. The molecule has 31 heavy (non-hydrogen) atoms. The van der Waals surface area contributed by atoms with Crippen molar-refractivity contribution in [3.05, 3.63) is 58.4 Å². The molecule has 9 heteroatoms. The fraction of sp³-hybridized carbons (Fsp3) is 0.364. The smallest absolute Gasteiger partial charge is 0.233 e. The first kappa shape index (κ1) is 22.9. The highest BCUT2D eigenvalue weighted by Crippen LogP contribution is 2.30. The molecule has 1 aliphatic rings. The van der Waals surface area contributed by atoms with Crippen LogP contribution >= 0.6 is 11.6 Å². The van der Waals surface area contributed by atoms with Crippen molar-refractivity contribution in [3.8, 4) is 0 Å². The molecule has 1 N–H and O–H groups in total. The third kappa shape index (κ3) is 5.12. The largest absolute Gasteiger partial charge is 0.366 e. The Balaban J connectivity index is 1.73. The van der Waals surface area contributed by atoms with Gasteiger partial charge in [0.05, 0.1) is 22.3 Å². The van der Waals surface area contributed by atoms with Crippen LogP contribution in [0, 0.1) is 17.5 Å². The van der Waals surface area contributed by atoms with Gasteiger partial charge in [-0.15, -0.1) is 0 Å². The van der Waals surface area contributed by atoms with Crippen LogP contribution in [0.3, 0.4) is 0 Å². The van der Waals surface area contributed by atoms with Crippen LogP contribution < -0.4 is 15.1 Å². The lowest BCUT2D eigenvalue weighted by Gasteiger charge is -2.37. The van der Waals surface area contributed by atoms with Crippen LogP contribution in [-0.2, 0) is 9.59 Å². The van der Waals surface area contributed by atoms with Crippen molar-refractivity contribution in [2.75, 3.05) is 36.0 Å². The maximum atomic E-state index is 14.9. The van der Waals surface area contributed by atoms with E-state index < -0.39 is 29.3 Å². The molecule has 2 aromatic carbocycles. The topological polar surface area (TPSA) is 52.7 Å². The van der Waals surface area contributed by atoms with Gasteiger partial charge in [0.25, 0.3) is 0 Å². The minimum atomic E-state index is -0.692. The zero-order valence-corrected chi connectivity index (χ0v) is 17.8. The molecule has 0 radical (unpaired) electrons. The van der Waals surface area contributed by atoms with Gasteiger partial charge >= 0.3 is 0 Å². The Labute approximate surface area is 183 Å². The summed E-state index contributed by atoms with van der Waals surface area (Å²) in [4.78, 5) is 26.2. The van der Waals surface area contributed by atoms with Crippen LogP contribution in [0.25, 0.3) is 0 Å². The molecule has 0 bridgehead atoms. The molecule has 1 fully saturated rings. The molecule has 0 saturated carbocycles. The van der Waals surface area contributed by atoms with E-state index in [-0.39, 0.29) is 10.7 Å². The first-order valence-corrected chi connectivity index (χ1v) is 10.4. The molecule has 5 nitrogen and oxygen atoms in total. The van der Waals surface area contributed by atoms with E-state index in [1.165, 1.54) is 6.07 Å². The highest BCUT2D eigenvalue weighted by atomic mass is 35.5. The summed E-state index contributed by atoms with van der Waals surface area (Å²) in [5.41, 5.74) is 0.998. The number of hydrogen-bond acceptors (Lipinski definition) is 4. The lowest BCUT2D eigenvalue weighted by atomic mass is 9.93. The number of carbonyl (C=O) groups is 2. The summed E-state index contributed by atoms with van der Waals surface area (Å²) in [6, 6.07) is 6.63. The van der Waals surface area contributed by atoms with Crippen molar-refractivity contribution < 1.29 is 22.8 Å². The molecule has 3 rings (SSSR count). The van der Waals surface area contributed by atoms with E-state index in [1.807, 2.05) is 11.8 Å². The normalized spacial score (nSPS) is 15.0. The second-order valence-corrected chi connectivity index (χ2v) is 7.78. The summed E-state index contributed by atoms with van der Waals surface area (Å²) >= 11 is 5.61. The molecule has 1 saturated heterocycles. The van der Waals surface area contributed by atoms with E-state index in [9.17, 15) is 22.8 Å². The van der Waals surface area contributed by atoms with Crippen molar-refractivity contribution in [2.24, 2.45) is 0 Å². The highest BCUT2D eigenvalue weighted by Gasteiger charge is 2.25. The third-order valence-corrected chi connectivity index (χ3v) is 5.71. The predicted octanol–water partition coefficient (Wildman–Crippen LogP) is 4.24. The summed E-state index contributed by atoms with van der Waals surface area (Å²) in [7, 11) is 0. The van der Waals surface area contributed by atoms with Crippen molar-refractivity contribution >= 4 is 35.3 Å². The molecule has 1 aliphatic heterocycles. The maximum absolute atomic E-state index is 14.9. The molecule has 0 aliphatic carbocycles. The van der Waals surface area contributed by atoms with Gasteiger partial charge in [0.2, 0.25) is 12.3 Å². The van der Waals surface area contributed by atoms with Crippen molar-refractivity contribution in [1.82, 2.24) is 5.32 Å². The lowest BCUT2D eigenvalue weighted by molar-refractivity contribution is -0.126. The number of benzene rings is 2. The summed E-state index contributed by atoms with van der Waals surface area (Å²) in [5, 5.41) is 1.86. The Bertz CT molecular complexity index is 965. The monoisotopic (exact) mass is 453 g/mol. The number of hydrogen-bond donors (Lipinski definition) is 1. The Kier molecular flexibility index (Phi) is 7.43. The average Bonchev–Trinajstić information content (AvgIpc) is 2.75. The minimum Gasteiger partial charge on any atom is -0.366 e. The SMILES string of the molecule is CCCC(C(=O)NC=O)c1ccc(N2CCN(c3cc(F)c(Cl)cc3F)CC2)c(F)c1. The zero-order chi connectivity index (χ0) is 22.5. The van der Waals surface area contributed by atoms with Gasteiger partial charge in [-0.3, -0.25) is 14.9 Å². The number of halogens is 4. The van der Waals surface area contributed by atoms with Crippen LogP contribution in [0.15, 0.2) is 30.3 Å². The highest BCUT2D eigenvalue weighted by molar-refractivity contribution is 6.30. The molecule has 2 aromatic rings. The van der Waals surface area contributed by atoms with Gasteiger partial charge in [0, 0.05) is 32.2 Å². The number of rotatable bonds is 7. The molecule has 1 unspecified atom stereocenters. The summed E-state index contributed by atoms with van der Waals surface area (Å²) in [6.07, 6.45) is 1.51. The number of nitrogens with one attached hydrogen (secondary N) is 1. The second-order valence-electron chi connectivity index (χ2n) is 7.37. The van der Waals surface area contributed by atoms with E-state index >= 15 is 0 Å². The van der Waals surface area contributed by atoms with Gasteiger partial charge in [-0.25, -0.2) is 13.2 Å².